The van der Waals surface area contributed by atoms with E-state index in [1.54, 1.807) is 5.57 Å². The van der Waals surface area contributed by atoms with Crippen LogP contribution >= 0.6 is 34.4 Å². The average Bonchev–Trinajstić information content (AvgIpc) is 2.80. The van der Waals surface area contributed by atoms with E-state index in [-0.39, 0.29) is 14.3 Å². The normalized spacial score (nSPS) is 32.1. The van der Waals surface area contributed by atoms with Crippen molar-refractivity contribution >= 4 is 40.0 Å². The Morgan fingerprint density at radius 3 is 2.30 bits per heavy atom. The molecule has 0 amide bonds. The summed E-state index contributed by atoms with van der Waals surface area (Å²) in [7, 11) is 0. The van der Waals surface area contributed by atoms with Gasteiger partial charge in [-0.3, -0.25) is 0 Å². The third-order valence-corrected chi connectivity index (χ3v) is 10.6. The summed E-state index contributed by atoms with van der Waals surface area (Å²) in [4.78, 5) is 0. The third-order valence-electron chi connectivity index (χ3n) is 8.72. The standard InChI is InChI=1S/C30H42INS/c1-20-17-24-23(30(8,31)15-14-29(24,6)7)11-16-33-19-26(20)32-21-9-10-22-25(18-21)28(4,5)13-12-27(22,2)3/h9-11,18-19,24,32H,1,12-17H2,2-8H3/b23-11+,26-19?. The maximum atomic E-state index is 4.60. The molecule has 1 nitrogen and oxygen atoms in total. The summed E-state index contributed by atoms with van der Waals surface area (Å²) >= 11 is 4.59. The molecule has 3 aliphatic rings. The Labute approximate surface area is 220 Å². The number of anilines is 1. The lowest BCUT2D eigenvalue weighted by molar-refractivity contribution is 0.177. The van der Waals surface area contributed by atoms with Crippen molar-refractivity contribution in [3.05, 3.63) is 64.2 Å². The van der Waals surface area contributed by atoms with Gasteiger partial charge in [-0.2, -0.15) is 0 Å². The maximum Gasteiger partial charge on any atom is 0.0475 e. The quantitative estimate of drug-likeness (QED) is 0.214. The molecule has 4 rings (SSSR count). The SMILES string of the molecule is C=C1CC2/C(=C\CSC=C1Nc1ccc3c(c1)C(C)(C)CCC3(C)C)C(C)(I)CCC2(C)C. The molecule has 0 saturated heterocycles. The number of thioether (sulfide) groups is 1. The largest absolute Gasteiger partial charge is 0.355 e. The molecule has 1 saturated carbocycles. The minimum Gasteiger partial charge on any atom is -0.355 e. The van der Waals surface area contributed by atoms with Crippen LogP contribution in [0.3, 0.4) is 0 Å². The van der Waals surface area contributed by atoms with Crippen LogP contribution in [-0.4, -0.2) is 9.17 Å². The molecule has 1 fully saturated rings. The van der Waals surface area contributed by atoms with Crippen LogP contribution < -0.4 is 5.32 Å². The number of rotatable bonds is 2. The van der Waals surface area contributed by atoms with E-state index in [0.29, 0.717) is 11.3 Å². The molecule has 2 unspecified atom stereocenters. The third kappa shape index (κ3) is 5.01. The number of halogens is 1. The number of nitrogens with one attached hydrogen (secondary N) is 1. The lowest BCUT2D eigenvalue weighted by Gasteiger charge is -2.48. The average molecular weight is 576 g/mol. The topological polar surface area (TPSA) is 12.0 Å². The highest BCUT2D eigenvalue weighted by molar-refractivity contribution is 14.1. The Morgan fingerprint density at radius 2 is 1.61 bits per heavy atom. The monoisotopic (exact) mass is 575 g/mol. The molecule has 2 aliphatic carbocycles. The van der Waals surface area contributed by atoms with Gasteiger partial charge < -0.3 is 5.32 Å². The summed E-state index contributed by atoms with van der Waals surface area (Å²) in [5.74, 6) is 1.58. The number of hydrogen-bond donors (Lipinski definition) is 1. The van der Waals surface area contributed by atoms with Crippen LogP contribution in [0.25, 0.3) is 0 Å². The summed E-state index contributed by atoms with van der Waals surface area (Å²) in [6, 6.07) is 7.07. The van der Waals surface area contributed by atoms with E-state index in [1.807, 2.05) is 11.8 Å². The van der Waals surface area contributed by atoms with Gasteiger partial charge in [0, 0.05) is 20.6 Å². The van der Waals surface area contributed by atoms with Gasteiger partial charge in [0.15, 0.2) is 0 Å². The van der Waals surface area contributed by atoms with Gasteiger partial charge in [-0.05, 0) is 95.4 Å². The molecule has 1 heterocycles. The number of fused-ring (bicyclic) bond motifs is 2. The van der Waals surface area contributed by atoms with E-state index in [2.05, 4.69) is 113 Å². The van der Waals surface area contributed by atoms with Gasteiger partial charge in [-0.15, -0.1) is 11.8 Å². The molecule has 1 aromatic rings. The summed E-state index contributed by atoms with van der Waals surface area (Å²) in [5.41, 5.74) is 9.06. The first kappa shape index (κ1) is 25.4. The molecule has 0 spiro atoms. The number of alkyl halides is 1. The lowest BCUT2D eigenvalue weighted by atomic mass is 9.61. The van der Waals surface area contributed by atoms with Crippen molar-refractivity contribution in [1.29, 1.82) is 0 Å². The maximum absolute atomic E-state index is 4.60. The number of hydrogen-bond acceptors (Lipinski definition) is 2. The highest BCUT2D eigenvalue weighted by Gasteiger charge is 2.45. The van der Waals surface area contributed by atoms with Gasteiger partial charge in [0.1, 0.15) is 0 Å². The number of benzene rings is 1. The van der Waals surface area contributed by atoms with Crippen molar-refractivity contribution in [2.75, 3.05) is 11.1 Å². The van der Waals surface area contributed by atoms with Crippen molar-refractivity contribution in [2.45, 2.75) is 94.8 Å². The zero-order valence-electron chi connectivity index (χ0n) is 21.7. The van der Waals surface area contributed by atoms with E-state index in [1.165, 1.54) is 53.8 Å². The fourth-order valence-electron chi connectivity index (χ4n) is 6.05. The summed E-state index contributed by atoms with van der Waals surface area (Å²) in [5, 5.41) is 6.11. The Hall–Kier alpha value is -0.680. The van der Waals surface area contributed by atoms with E-state index in [0.717, 1.165) is 12.2 Å². The van der Waals surface area contributed by atoms with Crippen molar-refractivity contribution < 1.29 is 0 Å². The fraction of sp³-hybridized carbons (Fsp3) is 0.600. The van der Waals surface area contributed by atoms with Gasteiger partial charge in [0.05, 0.1) is 0 Å². The smallest absolute Gasteiger partial charge is 0.0475 e. The van der Waals surface area contributed by atoms with Gasteiger partial charge in [-0.25, -0.2) is 0 Å². The zero-order valence-corrected chi connectivity index (χ0v) is 24.7. The number of allylic oxidation sites excluding steroid dienone is 2. The molecular formula is C30H42INS. The molecule has 1 aromatic carbocycles. The molecule has 0 aromatic heterocycles. The Morgan fingerprint density at radius 1 is 0.939 bits per heavy atom. The molecule has 1 N–H and O–H groups in total. The molecule has 0 bridgehead atoms. The van der Waals surface area contributed by atoms with Gasteiger partial charge in [0.25, 0.3) is 0 Å². The first-order chi connectivity index (χ1) is 15.2. The Kier molecular flexibility index (Phi) is 6.75. The van der Waals surface area contributed by atoms with E-state index >= 15 is 0 Å². The Bertz CT molecular complexity index is 1010. The second-order valence-electron chi connectivity index (χ2n) is 12.7. The second-order valence-corrected chi connectivity index (χ2v) is 16.0. The first-order valence-corrected chi connectivity index (χ1v) is 14.7. The molecule has 33 heavy (non-hydrogen) atoms. The van der Waals surface area contributed by atoms with Crippen LogP contribution in [0.4, 0.5) is 5.69 Å². The van der Waals surface area contributed by atoms with Crippen LogP contribution in [0.15, 0.2) is 53.1 Å². The molecule has 2 atom stereocenters. The highest BCUT2D eigenvalue weighted by atomic mass is 127. The van der Waals surface area contributed by atoms with Crippen molar-refractivity contribution in [1.82, 2.24) is 0 Å². The van der Waals surface area contributed by atoms with E-state index in [4.69, 9.17) is 0 Å². The van der Waals surface area contributed by atoms with Gasteiger partial charge in [-0.1, -0.05) is 88.4 Å². The summed E-state index contributed by atoms with van der Waals surface area (Å²) in [6.45, 7) is 21.5. The van der Waals surface area contributed by atoms with Crippen molar-refractivity contribution in [3.8, 4) is 0 Å². The Balaban J connectivity index is 1.62. The minimum absolute atomic E-state index is 0.219. The predicted octanol–water partition coefficient (Wildman–Crippen LogP) is 9.54. The predicted molar refractivity (Wildman–Crippen MR) is 157 cm³/mol. The zero-order chi connectivity index (χ0) is 24.2. The van der Waals surface area contributed by atoms with Crippen LogP contribution in [0.5, 0.6) is 0 Å². The van der Waals surface area contributed by atoms with Crippen LogP contribution in [0.2, 0.25) is 0 Å². The van der Waals surface area contributed by atoms with Crippen LogP contribution in [-0.2, 0) is 10.8 Å². The minimum atomic E-state index is 0.219. The van der Waals surface area contributed by atoms with Gasteiger partial charge >= 0.3 is 0 Å². The van der Waals surface area contributed by atoms with Crippen molar-refractivity contribution in [3.63, 3.8) is 0 Å². The molecule has 1 aliphatic heterocycles. The van der Waals surface area contributed by atoms with E-state index < -0.39 is 0 Å². The second kappa shape index (κ2) is 8.76. The van der Waals surface area contributed by atoms with Gasteiger partial charge in [0.2, 0.25) is 0 Å². The highest BCUT2D eigenvalue weighted by Crippen LogP contribution is 2.54. The molecule has 3 heteroatoms. The van der Waals surface area contributed by atoms with Crippen LogP contribution in [0, 0.1) is 11.3 Å². The fourth-order valence-corrected chi connectivity index (χ4v) is 7.68. The molecular weight excluding hydrogens is 533 g/mol. The van der Waals surface area contributed by atoms with Crippen molar-refractivity contribution in [2.24, 2.45) is 11.3 Å². The molecule has 0 radical (unpaired) electrons. The summed E-state index contributed by atoms with van der Waals surface area (Å²) < 4.78 is 0.258. The van der Waals surface area contributed by atoms with E-state index in [9.17, 15) is 0 Å². The van der Waals surface area contributed by atoms with Crippen LogP contribution in [0.1, 0.15) is 91.7 Å². The molecule has 180 valence electrons. The lowest BCUT2D eigenvalue weighted by Crippen LogP contribution is -2.40. The first-order valence-electron chi connectivity index (χ1n) is 12.5. The summed E-state index contributed by atoms with van der Waals surface area (Å²) in [6.07, 6.45) is 8.58.